The zero-order valence-electron chi connectivity index (χ0n) is 30.2. The summed E-state index contributed by atoms with van der Waals surface area (Å²) in [6.07, 6.45) is 3.53. The van der Waals surface area contributed by atoms with Crippen molar-refractivity contribution < 1.29 is 0 Å². The van der Waals surface area contributed by atoms with Gasteiger partial charge in [-0.15, -0.1) is 0 Å². The first-order valence-electron chi connectivity index (χ1n) is 18.7. The van der Waals surface area contributed by atoms with E-state index in [2.05, 4.69) is 148 Å². The Bertz CT molecular complexity index is 3020. The first kappa shape index (κ1) is 31.8. The van der Waals surface area contributed by atoms with Gasteiger partial charge < -0.3 is 9.30 Å². The molecule has 0 N–H and O–H groups in total. The molecule has 4 heterocycles. The molecule has 0 fully saturated rings. The van der Waals surface area contributed by atoms with E-state index in [1.54, 1.807) is 12.4 Å². The van der Waals surface area contributed by atoms with Gasteiger partial charge >= 0.3 is 0 Å². The fourth-order valence-corrected chi connectivity index (χ4v) is 8.05. The van der Waals surface area contributed by atoms with Gasteiger partial charge in [0.1, 0.15) is 0 Å². The lowest BCUT2D eigenvalue weighted by Gasteiger charge is -2.26. The molecule has 6 nitrogen and oxygen atoms in total. The van der Waals surface area contributed by atoms with Crippen LogP contribution in [0.5, 0.6) is 0 Å². The Morgan fingerprint density at radius 1 is 0.357 bits per heavy atom. The summed E-state index contributed by atoms with van der Waals surface area (Å²) in [5, 5.41) is 5.11. The van der Waals surface area contributed by atoms with Crippen molar-refractivity contribution in [1.82, 2.24) is 24.3 Å². The monoisotopic (exact) mass is 716 g/mol. The van der Waals surface area contributed by atoms with Crippen molar-refractivity contribution >= 4 is 55.2 Å². The Hall–Kier alpha value is -7.70. The summed E-state index contributed by atoms with van der Waals surface area (Å²) in [6, 6.07) is 63.9. The average molecular weight is 717 g/mol. The molecule has 0 radical (unpaired) electrons. The molecule has 0 unspecified atom stereocenters. The van der Waals surface area contributed by atoms with Crippen LogP contribution in [0.15, 0.2) is 194 Å². The Kier molecular flexibility index (Phi) is 7.38. The van der Waals surface area contributed by atoms with E-state index in [-0.39, 0.29) is 0 Å². The van der Waals surface area contributed by atoms with Crippen molar-refractivity contribution in [2.75, 3.05) is 4.90 Å². The molecule has 56 heavy (non-hydrogen) atoms. The Balaban J connectivity index is 0.985. The Labute approximate surface area is 323 Å². The summed E-state index contributed by atoms with van der Waals surface area (Å²) in [5.74, 6) is 1.80. The lowest BCUT2D eigenvalue weighted by molar-refractivity contribution is 1.07. The highest BCUT2D eigenvalue weighted by atomic mass is 15.1. The number of pyridine rings is 1. The minimum absolute atomic E-state index is 0.583. The van der Waals surface area contributed by atoms with E-state index in [0.29, 0.717) is 17.5 Å². The van der Waals surface area contributed by atoms with E-state index in [1.165, 1.54) is 49.2 Å². The molecular formula is C50H32N6. The van der Waals surface area contributed by atoms with Crippen LogP contribution in [-0.4, -0.2) is 24.3 Å². The number of para-hydroxylation sites is 3. The van der Waals surface area contributed by atoms with Gasteiger partial charge in [0.05, 0.1) is 16.6 Å². The minimum Gasteiger partial charge on any atom is -0.311 e. The maximum Gasteiger partial charge on any atom is 0.165 e. The standard InChI is InChI=1S/C50H32N6/c1-3-12-34(13-4-1)48-52-49(54-50(53-48)36-14-11-29-51-32-36)35-23-27-40(28-24-35)55(38-15-5-2-6-16-38)39-25-21-33(22-26-39)37-30-43-41-17-7-9-19-45(41)56-46-20-10-8-18-42(46)44(31-37)47(43)56/h1-32H. The van der Waals surface area contributed by atoms with E-state index in [1.807, 2.05) is 48.5 Å². The van der Waals surface area contributed by atoms with Crippen molar-refractivity contribution in [3.63, 3.8) is 0 Å². The van der Waals surface area contributed by atoms with Crippen molar-refractivity contribution in [3.8, 4) is 45.3 Å². The van der Waals surface area contributed by atoms with E-state index in [9.17, 15) is 0 Å². The molecule has 262 valence electrons. The van der Waals surface area contributed by atoms with Crippen molar-refractivity contribution in [1.29, 1.82) is 0 Å². The summed E-state index contributed by atoms with van der Waals surface area (Å²) >= 11 is 0. The van der Waals surface area contributed by atoms with Crippen LogP contribution in [0, 0.1) is 0 Å². The molecule has 0 saturated carbocycles. The molecule has 6 heteroatoms. The second kappa shape index (κ2) is 13.0. The summed E-state index contributed by atoms with van der Waals surface area (Å²) in [4.78, 5) is 21.3. The molecular weight excluding hydrogens is 685 g/mol. The number of hydrogen-bond donors (Lipinski definition) is 0. The number of fused-ring (bicyclic) bond motifs is 6. The second-order valence-corrected chi connectivity index (χ2v) is 14.0. The largest absolute Gasteiger partial charge is 0.311 e. The number of anilines is 3. The van der Waals surface area contributed by atoms with Crippen LogP contribution in [-0.2, 0) is 0 Å². The molecule has 0 amide bonds. The highest BCUT2D eigenvalue weighted by Gasteiger charge is 2.20. The van der Waals surface area contributed by atoms with Gasteiger partial charge in [-0.3, -0.25) is 4.98 Å². The van der Waals surface area contributed by atoms with Crippen LogP contribution < -0.4 is 4.90 Å². The van der Waals surface area contributed by atoms with Crippen LogP contribution in [0.2, 0.25) is 0 Å². The SMILES string of the molecule is c1ccc(-c2nc(-c3ccc(N(c4ccccc4)c4ccc(-c5cc6c7ccccc7n7c8ccccc8c(c5)c67)cc4)cc3)nc(-c3cccnc3)n2)cc1. The van der Waals surface area contributed by atoms with Crippen LogP contribution in [0.3, 0.4) is 0 Å². The van der Waals surface area contributed by atoms with Gasteiger partial charge in [0.25, 0.3) is 0 Å². The van der Waals surface area contributed by atoms with Gasteiger partial charge in [-0.25, -0.2) is 15.0 Å². The predicted octanol–water partition coefficient (Wildman–Crippen LogP) is 12.6. The molecule has 11 aromatic rings. The molecule has 0 saturated heterocycles. The van der Waals surface area contributed by atoms with Crippen LogP contribution in [0.25, 0.3) is 83.4 Å². The fourth-order valence-electron chi connectivity index (χ4n) is 8.05. The van der Waals surface area contributed by atoms with Crippen LogP contribution in [0.4, 0.5) is 17.1 Å². The zero-order chi connectivity index (χ0) is 37.0. The molecule has 11 rings (SSSR count). The normalized spacial score (nSPS) is 11.6. The number of hydrogen-bond acceptors (Lipinski definition) is 5. The smallest absolute Gasteiger partial charge is 0.165 e. The second-order valence-electron chi connectivity index (χ2n) is 14.0. The molecule has 0 aliphatic heterocycles. The van der Waals surface area contributed by atoms with E-state index in [4.69, 9.17) is 15.0 Å². The highest BCUT2D eigenvalue weighted by molar-refractivity contribution is 6.24. The zero-order valence-corrected chi connectivity index (χ0v) is 30.2. The van der Waals surface area contributed by atoms with Gasteiger partial charge in [-0.05, 0) is 96.1 Å². The average Bonchev–Trinajstić information content (AvgIpc) is 3.80. The first-order chi connectivity index (χ1) is 27.8. The third-order valence-corrected chi connectivity index (χ3v) is 10.6. The summed E-state index contributed by atoms with van der Waals surface area (Å²) in [6.45, 7) is 0. The first-order valence-corrected chi connectivity index (χ1v) is 18.7. The summed E-state index contributed by atoms with van der Waals surface area (Å²) in [5.41, 5.74) is 12.0. The summed E-state index contributed by atoms with van der Waals surface area (Å²) < 4.78 is 2.42. The van der Waals surface area contributed by atoms with Gasteiger partial charge in [-0.2, -0.15) is 0 Å². The molecule has 0 aliphatic carbocycles. The number of benzene rings is 7. The molecule has 0 atom stereocenters. The number of rotatable bonds is 7. The van der Waals surface area contributed by atoms with Gasteiger partial charge in [0.15, 0.2) is 17.5 Å². The number of nitrogens with zero attached hydrogens (tertiary/aromatic N) is 6. The van der Waals surface area contributed by atoms with E-state index in [0.717, 1.165) is 33.8 Å². The maximum atomic E-state index is 4.93. The topological polar surface area (TPSA) is 59.2 Å². The molecule has 4 aromatic heterocycles. The minimum atomic E-state index is 0.583. The Morgan fingerprint density at radius 3 is 1.39 bits per heavy atom. The lowest BCUT2D eigenvalue weighted by atomic mass is 9.99. The van der Waals surface area contributed by atoms with Crippen LogP contribution in [0.1, 0.15) is 0 Å². The molecule has 0 bridgehead atoms. The summed E-state index contributed by atoms with van der Waals surface area (Å²) in [7, 11) is 0. The molecule has 0 spiro atoms. The molecule has 0 aliphatic rings. The van der Waals surface area contributed by atoms with Crippen molar-refractivity contribution in [2.24, 2.45) is 0 Å². The third kappa shape index (κ3) is 5.27. The third-order valence-electron chi connectivity index (χ3n) is 10.6. The quantitative estimate of drug-likeness (QED) is 0.164. The fraction of sp³-hybridized carbons (Fsp3) is 0. The van der Waals surface area contributed by atoms with Crippen molar-refractivity contribution in [2.45, 2.75) is 0 Å². The van der Waals surface area contributed by atoms with Gasteiger partial charge in [0, 0.05) is 67.7 Å². The number of aromatic nitrogens is 5. The van der Waals surface area contributed by atoms with Gasteiger partial charge in [-0.1, -0.05) is 97.1 Å². The Morgan fingerprint density at radius 2 is 0.821 bits per heavy atom. The van der Waals surface area contributed by atoms with E-state index < -0.39 is 0 Å². The highest BCUT2D eigenvalue weighted by Crippen LogP contribution is 2.42. The van der Waals surface area contributed by atoms with Gasteiger partial charge in [0.2, 0.25) is 0 Å². The van der Waals surface area contributed by atoms with Crippen LogP contribution >= 0.6 is 0 Å². The molecule has 7 aromatic carbocycles. The van der Waals surface area contributed by atoms with E-state index >= 15 is 0 Å². The van der Waals surface area contributed by atoms with Crippen molar-refractivity contribution in [3.05, 3.63) is 194 Å². The maximum absolute atomic E-state index is 4.93. The lowest BCUT2D eigenvalue weighted by Crippen LogP contribution is -2.09. The predicted molar refractivity (Wildman–Crippen MR) is 229 cm³/mol.